The third-order valence-corrected chi connectivity index (χ3v) is 10.00. The number of hydrogen-bond donors (Lipinski definition) is 1. The third kappa shape index (κ3) is 4.60. The van der Waals surface area contributed by atoms with Crippen molar-refractivity contribution in [2.24, 2.45) is 0 Å². The molecule has 8 aromatic rings. The minimum atomic E-state index is -0.239. The van der Waals surface area contributed by atoms with Crippen LogP contribution in [0, 0.1) is 0 Å². The molecule has 0 saturated heterocycles. The predicted molar refractivity (Wildman–Crippen MR) is 200 cm³/mol. The minimum absolute atomic E-state index is 0.239. The van der Waals surface area contributed by atoms with Crippen molar-refractivity contribution in [2.45, 2.75) is 19.3 Å². The number of nitrogens with zero attached hydrogens (tertiary/aromatic N) is 3. The van der Waals surface area contributed by atoms with Gasteiger partial charge in [-0.3, -0.25) is 9.55 Å². The fraction of sp³-hybridized carbons (Fsp3) is 0.0667. The van der Waals surface area contributed by atoms with Crippen LogP contribution in [-0.4, -0.2) is 19.6 Å². The summed E-state index contributed by atoms with van der Waals surface area (Å²) in [5.74, 6) is 1.11. The summed E-state index contributed by atoms with van der Waals surface area (Å²) < 4.78 is 2.26. The number of phenolic OH excluding ortho intramolecular Hbond substituents is 1. The predicted octanol–water partition coefficient (Wildman–Crippen LogP) is 11.1. The standard InChI is InChI=1S/C45H33N3O/c1-45(2)37-25-24-32(27-36(37)41-38(45)22-11-23-40(41)49)44-47-39(35-21-9-17-31-18-12-26-46-42(31)35)28-48(44)43-33(29-13-5-3-6-14-29)19-10-20-34(43)30-15-7-4-8-16-30/h3-28,49H,1-2H3. The smallest absolute Gasteiger partial charge is 0.145 e. The van der Waals surface area contributed by atoms with Crippen LogP contribution in [0.15, 0.2) is 158 Å². The minimum Gasteiger partial charge on any atom is -0.507 e. The van der Waals surface area contributed by atoms with Gasteiger partial charge in [0.1, 0.15) is 11.6 Å². The summed E-state index contributed by atoms with van der Waals surface area (Å²) in [5, 5.41) is 12.2. The third-order valence-electron chi connectivity index (χ3n) is 10.00. The number of rotatable bonds is 5. The Kier molecular flexibility index (Phi) is 6.60. The summed E-state index contributed by atoms with van der Waals surface area (Å²) in [7, 11) is 0. The molecule has 0 saturated carbocycles. The van der Waals surface area contributed by atoms with E-state index in [4.69, 9.17) is 9.97 Å². The summed E-state index contributed by atoms with van der Waals surface area (Å²) in [5.41, 5.74) is 13.2. The van der Waals surface area contributed by atoms with Gasteiger partial charge in [0.25, 0.3) is 0 Å². The van der Waals surface area contributed by atoms with E-state index in [1.54, 1.807) is 6.07 Å². The topological polar surface area (TPSA) is 50.9 Å². The van der Waals surface area contributed by atoms with E-state index in [1.807, 2.05) is 18.3 Å². The second-order valence-corrected chi connectivity index (χ2v) is 13.2. The zero-order valence-corrected chi connectivity index (χ0v) is 27.3. The van der Waals surface area contributed by atoms with Gasteiger partial charge in [0, 0.05) is 51.0 Å². The summed E-state index contributed by atoms with van der Waals surface area (Å²) in [6, 6.07) is 50.4. The zero-order chi connectivity index (χ0) is 33.1. The van der Waals surface area contributed by atoms with E-state index in [0.717, 1.165) is 78.2 Å². The van der Waals surface area contributed by atoms with Crippen molar-refractivity contribution in [3.63, 3.8) is 0 Å². The molecule has 0 aliphatic heterocycles. The number of imidazole rings is 1. The first-order valence-corrected chi connectivity index (χ1v) is 16.6. The Morgan fingerprint density at radius 3 is 1.96 bits per heavy atom. The molecule has 2 aromatic heterocycles. The quantitative estimate of drug-likeness (QED) is 0.206. The lowest BCUT2D eigenvalue weighted by molar-refractivity contribution is 0.476. The van der Waals surface area contributed by atoms with Gasteiger partial charge in [-0.1, -0.05) is 141 Å². The molecule has 1 N–H and O–H groups in total. The molecule has 0 radical (unpaired) electrons. The monoisotopic (exact) mass is 631 g/mol. The van der Waals surface area contributed by atoms with E-state index >= 15 is 0 Å². The average molecular weight is 632 g/mol. The number of hydrogen-bond acceptors (Lipinski definition) is 3. The maximum atomic E-state index is 11.2. The summed E-state index contributed by atoms with van der Waals surface area (Å²) >= 11 is 0. The van der Waals surface area contributed by atoms with Gasteiger partial charge in [-0.2, -0.15) is 0 Å². The number of pyridine rings is 1. The highest BCUT2D eigenvalue weighted by Gasteiger charge is 2.37. The maximum Gasteiger partial charge on any atom is 0.145 e. The Bertz CT molecular complexity index is 2470. The normalized spacial score (nSPS) is 12.9. The Morgan fingerprint density at radius 1 is 0.571 bits per heavy atom. The van der Waals surface area contributed by atoms with Gasteiger partial charge < -0.3 is 5.11 Å². The summed E-state index contributed by atoms with van der Waals surface area (Å²) in [4.78, 5) is 10.2. The van der Waals surface area contributed by atoms with Gasteiger partial charge in [-0.05, 0) is 46.0 Å². The van der Waals surface area contributed by atoms with Crippen molar-refractivity contribution in [3.8, 4) is 67.5 Å². The van der Waals surface area contributed by atoms with Crippen molar-refractivity contribution in [3.05, 3.63) is 169 Å². The summed E-state index contributed by atoms with van der Waals surface area (Å²) in [6.45, 7) is 4.46. The van der Waals surface area contributed by atoms with Crippen LogP contribution >= 0.6 is 0 Å². The van der Waals surface area contributed by atoms with Gasteiger partial charge >= 0.3 is 0 Å². The molecule has 4 nitrogen and oxygen atoms in total. The lowest BCUT2D eigenvalue weighted by atomic mass is 9.82. The molecule has 6 aromatic carbocycles. The molecule has 0 fully saturated rings. The van der Waals surface area contributed by atoms with Crippen LogP contribution in [0.2, 0.25) is 0 Å². The molecule has 0 unspecified atom stereocenters. The largest absolute Gasteiger partial charge is 0.507 e. The molecule has 234 valence electrons. The van der Waals surface area contributed by atoms with Crippen LogP contribution in [0.3, 0.4) is 0 Å². The van der Waals surface area contributed by atoms with E-state index in [0.29, 0.717) is 5.75 Å². The maximum absolute atomic E-state index is 11.2. The number of aromatic hydroxyl groups is 1. The van der Waals surface area contributed by atoms with E-state index in [-0.39, 0.29) is 5.41 Å². The van der Waals surface area contributed by atoms with Crippen LogP contribution in [-0.2, 0) is 5.41 Å². The number of para-hydroxylation sites is 2. The molecular formula is C45H33N3O. The van der Waals surface area contributed by atoms with Crippen molar-refractivity contribution in [2.75, 3.05) is 0 Å². The first-order chi connectivity index (χ1) is 24.0. The molecular weight excluding hydrogens is 599 g/mol. The van der Waals surface area contributed by atoms with Gasteiger partial charge in [0.05, 0.1) is 16.9 Å². The highest BCUT2D eigenvalue weighted by Crippen LogP contribution is 2.53. The Labute approximate surface area is 285 Å². The highest BCUT2D eigenvalue weighted by molar-refractivity contribution is 5.94. The van der Waals surface area contributed by atoms with Crippen LogP contribution in [0.5, 0.6) is 5.75 Å². The van der Waals surface area contributed by atoms with Gasteiger partial charge in [-0.15, -0.1) is 0 Å². The fourth-order valence-corrected chi connectivity index (χ4v) is 7.62. The van der Waals surface area contributed by atoms with E-state index in [2.05, 4.69) is 152 Å². The first-order valence-electron chi connectivity index (χ1n) is 16.6. The van der Waals surface area contributed by atoms with Gasteiger partial charge in [0.15, 0.2) is 0 Å². The van der Waals surface area contributed by atoms with E-state index in [9.17, 15) is 5.11 Å². The molecule has 49 heavy (non-hydrogen) atoms. The second kappa shape index (κ2) is 11.2. The molecule has 0 spiro atoms. The van der Waals surface area contributed by atoms with Crippen LogP contribution in [0.1, 0.15) is 25.0 Å². The molecule has 0 atom stereocenters. The van der Waals surface area contributed by atoms with E-state index in [1.165, 1.54) is 5.56 Å². The number of aromatic nitrogens is 3. The summed E-state index contributed by atoms with van der Waals surface area (Å²) in [6.07, 6.45) is 4.00. The molecule has 0 amide bonds. The Hall–Kier alpha value is -6.26. The molecule has 9 rings (SSSR count). The van der Waals surface area contributed by atoms with Gasteiger partial charge in [0.2, 0.25) is 0 Å². The SMILES string of the molecule is CC1(C)c2ccc(-c3nc(-c4cccc5cccnc45)cn3-c3c(-c4ccccc4)cccc3-c3ccccc3)cc2-c2c(O)cccc21. The average Bonchev–Trinajstić information content (AvgIpc) is 3.69. The van der Waals surface area contributed by atoms with Gasteiger partial charge in [-0.25, -0.2) is 4.98 Å². The van der Waals surface area contributed by atoms with Crippen molar-refractivity contribution in [1.82, 2.24) is 14.5 Å². The Balaban J connectivity index is 1.37. The molecule has 1 aliphatic carbocycles. The fourth-order valence-electron chi connectivity index (χ4n) is 7.62. The first kappa shape index (κ1) is 28.9. The Morgan fingerprint density at radius 2 is 1.22 bits per heavy atom. The number of benzene rings is 6. The van der Waals surface area contributed by atoms with Crippen molar-refractivity contribution in [1.29, 1.82) is 0 Å². The molecule has 0 bridgehead atoms. The lowest BCUT2D eigenvalue weighted by Crippen LogP contribution is -2.14. The zero-order valence-electron chi connectivity index (χ0n) is 27.3. The van der Waals surface area contributed by atoms with E-state index < -0.39 is 0 Å². The van der Waals surface area contributed by atoms with Crippen LogP contribution in [0.25, 0.3) is 72.6 Å². The van der Waals surface area contributed by atoms with Crippen molar-refractivity contribution >= 4 is 10.9 Å². The molecule has 1 aliphatic rings. The molecule has 2 heterocycles. The lowest BCUT2D eigenvalue weighted by Gasteiger charge is -2.21. The van der Waals surface area contributed by atoms with Crippen LogP contribution in [0.4, 0.5) is 0 Å². The second-order valence-electron chi connectivity index (χ2n) is 13.2. The number of fused-ring (bicyclic) bond motifs is 4. The number of phenols is 1. The van der Waals surface area contributed by atoms with Crippen LogP contribution < -0.4 is 0 Å². The highest BCUT2D eigenvalue weighted by atomic mass is 16.3. The molecule has 4 heteroatoms. The van der Waals surface area contributed by atoms with Crippen molar-refractivity contribution < 1.29 is 5.11 Å².